The van der Waals surface area contributed by atoms with E-state index in [1.165, 1.54) is 0 Å². The molecule has 8 nitrogen and oxygen atoms in total. The number of hydrazine groups is 1. The van der Waals surface area contributed by atoms with Crippen molar-refractivity contribution in [2.24, 2.45) is 17.8 Å². The Balaban J connectivity index is 1.51. The zero-order chi connectivity index (χ0) is 23.0. The van der Waals surface area contributed by atoms with Crippen molar-refractivity contribution in [1.82, 2.24) is 20.1 Å². The molecule has 0 spiro atoms. The van der Waals surface area contributed by atoms with E-state index < -0.39 is 0 Å². The number of rotatable bonds is 4. The minimum atomic E-state index is -0.304. The molecular weight excluding hydrogens is 406 g/mol. The summed E-state index contributed by atoms with van der Waals surface area (Å²) in [6.45, 7) is 11.5. The van der Waals surface area contributed by atoms with Gasteiger partial charge >= 0.3 is 0 Å². The fourth-order valence-electron chi connectivity index (χ4n) is 5.06. The molecule has 0 aromatic heterocycles. The van der Waals surface area contributed by atoms with Crippen LogP contribution in [-0.4, -0.2) is 83.8 Å². The fourth-order valence-corrected chi connectivity index (χ4v) is 5.06. The van der Waals surface area contributed by atoms with Crippen molar-refractivity contribution in [2.75, 3.05) is 44.3 Å². The maximum atomic E-state index is 13.7. The summed E-state index contributed by atoms with van der Waals surface area (Å²) in [6, 6.07) is 9.59. The number of amides is 3. The van der Waals surface area contributed by atoms with Gasteiger partial charge in [-0.05, 0) is 26.0 Å². The zero-order valence-corrected chi connectivity index (χ0v) is 19.5. The molecule has 1 N–H and O–H groups in total. The summed E-state index contributed by atoms with van der Waals surface area (Å²) in [4.78, 5) is 45.2. The molecule has 3 fully saturated rings. The van der Waals surface area contributed by atoms with Gasteiger partial charge in [-0.3, -0.25) is 19.3 Å². The lowest BCUT2D eigenvalue weighted by Gasteiger charge is -2.43. The number of fused-ring (bicyclic) bond motifs is 1. The molecule has 0 bridgehead atoms. The van der Waals surface area contributed by atoms with E-state index in [1.54, 1.807) is 5.01 Å². The highest BCUT2D eigenvalue weighted by Crippen LogP contribution is 2.33. The van der Waals surface area contributed by atoms with E-state index in [4.69, 9.17) is 0 Å². The summed E-state index contributed by atoms with van der Waals surface area (Å²) >= 11 is 0. The van der Waals surface area contributed by atoms with Gasteiger partial charge < -0.3 is 9.80 Å². The normalized spacial score (nSPS) is 26.8. The number of piperidine rings is 1. The quantitative estimate of drug-likeness (QED) is 0.760. The molecule has 3 amide bonds. The maximum Gasteiger partial charge on any atom is 0.247 e. The van der Waals surface area contributed by atoms with Crippen LogP contribution in [0.5, 0.6) is 0 Å². The number of hydrogen-bond acceptors (Lipinski definition) is 5. The molecule has 0 aliphatic carbocycles. The molecule has 1 aromatic rings. The van der Waals surface area contributed by atoms with E-state index in [2.05, 4.69) is 24.2 Å². The Bertz CT molecular complexity index is 850. The van der Waals surface area contributed by atoms with Gasteiger partial charge in [0.25, 0.3) is 0 Å². The third kappa shape index (κ3) is 4.26. The average molecular weight is 442 g/mol. The van der Waals surface area contributed by atoms with E-state index >= 15 is 0 Å². The van der Waals surface area contributed by atoms with Gasteiger partial charge in [0, 0.05) is 51.2 Å². The number of para-hydroxylation sites is 1. The molecular formula is C24H35N5O3. The van der Waals surface area contributed by atoms with Crippen LogP contribution < -0.4 is 10.4 Å². The molecule has 174 valence electrons. The minimum absolute atomic E-state index is 0.0247. The molecule has 4 rings (SSSR count). The molecule has 0 radical (unpaired) electrons. The van der Waals surface area contributed by atoms with Crippen LogP contribution in [0.1, 0.15) is 27.7 Å². The van der Waals surface area contributed by atoms with Gasteiger partial charge in [0.1, 0.15) is 0 Å². The highest BCUT2D eigenvalue weighted by molar-refractivity contribution is 5.98. The van der Waals surface area contributed by atoms with Crippen molar-refractivity contribution in [1.29, 1.82) is 0 Å². The number of hydrogen-bond donors (Lipinski definition) is 1. The summed E-state index contributed by atoms with van der Waals surface area (Å²) in [7, 11) is 0. The highest BCUT2D eigenvalue weighted by atomic mass is 16.2. The Hall–Kier alpha value is -2.45. The lowest BCUT2D eigenvalue weighted by molar-refractivity contribution is -0.146. The second kappa shape index (κ2) is 9.19. The molecule has 1 aromatic carbocycles. The summed E-state index contributed by atoms with van der Waals surface area (Å²) in [5.74, 6) is -0.352. The Labute approximate surface area is 190 Å². The lowest BCUT2D eigenvalue weighted by atomic mass is 9.83. The SMILES string of the molecule is CC(C)C(=O)N1CCN(C(=O)C2CN(C(C)C)CC3C(=O)N(c4ccccc4)NC23)CC1. The number of likely N-dealkylation sites (tertiary alicyclic amines) is 1. The second-order valence-electron chi connectivity index (χ2n) is 9.73. The molecule has 32 heavy (non-hydrogen) atoms. The lowest BCUT2D eigenvalue weighted by Crippen LogP contribution is -2.61. The Morgan fingerprint density at radius 2 is 1.56 bits per heavy atom. The summed E-state index contributed by atoms with van der Waals surface area (Å²) in [6.07, 6.45) is 0. The first-order valence-corrected chi connectivity index (χ1v) is 11.7. The van der Waals surface area contributed by atoms with Crippen LogP contribution in [0.4, 0.5) is 5.69 Å². The van der Waals surface area contributed by atoms with Crippen molar-refractivity contribution in [2.45, 2.75) is 39.8 Å². The smallest absolute Gasteiger partial charge is 0.247 e. The fraction of sp³-hybridized carbons (Fsp3) is 0.625. The maximum absolute atomic E-state index is 13.7. The van der Waals surface area contributed by atoms with Gasteiger partial charge in [0.05, 0.1) is 23.6 Å². The number of nitrogens with one attached hydrogen (secondary N) is 1. The Morgan fingerprint density at radius 1 is 0.938 bits per heavy atom. The topological polar surface area (TPSA) is 76.2 Å². The van der Waals surface area contributed by atoms with Crippen molar-refractivity contribution in [3.8, 4) is 0 Å². The summed E-state index contributed by atoms with van der Waals surface area (Å²) in [5.41, 5.74) is 4.18. The number of piperazine rings is 1. The van der Waals surface area contributed by atoms with E-state index in [0.717, 1.165) is 5.69 Å². The van der Waals surface area contributed by atoms with Crippen molar-refractivity contribution in [3.05, 3.63) is 30.3 Å². The van der Waals surface area contributed by atoms with Crippen molar-refractivity contribution in [3.63, 3.8) is 0 Å². The van der Waals surface area contributed by atoms with Crippen LogP contribution in [-0.2, 0) is 14.4 Å². The molecule has 3 heterocycles. The van der Waals surface area contributed by atoms with Gasteiger partial charge in [0.15, 0.2) is 0 Å². The molecule has 3 unspecified atom stereocenters. The third-order valence-electron chi connectivity index (χ3n) is 7.00. The van der Waals surface area contributed by atoms with Crippen LogP contribution in [0.2, 0.25) is 0 Å². The monoisotopic (exact) mass is 441 g/mol. The number of nitrogens with zero attached hydrogens (tertiary/aromatic N) is 4. The van der Waals surface area contributed by atoms with Gasteiger partial charge in [-0.1, -0.05) is 32.0 Å². The van der Waals surface area contributed by atoms with Gasteiger partial charge in [-0.2, -0.15) is 0 Å². The van der Waals surface area contributed by atoms with E-state index in [-0.39, 0.29) is 47.6 Å². The molecule has 3 atom stereocenters. The number of carbonyl (C=O) groups is 3. The third-order valence-corrected chi connectivity index (χ3v) is 7.00. The van der Waals surface area contributed by atoms with Crippen LogP contribution in [0.3, 0.4) is 0 Å². The number of benzene rings is 1. The average Bonchev–Trinajstić information content (AvgIpc) is 3.14. The van der Waals surface area contributed by atoms with Crippen LogP contribution >= 0.6 is 0 Å². The van der Waals surface area contributed by atoms with Crippen LogP contribution in [0.25, 0.3) is 0 Å². The van der Waals surface area contributed by atoms with Crippen LogP contribution in [0, 0.1) is 17.8 Å². The summed E-state index contributed by atoms with van der Waals surface area (Å²) in [5, 5.41) is 1.62. The van der Waals surface area contributed by atoms with Crippen molar-refractivity contribution < 1.29 is 14.4 Å². The van der Waals surface area contributed by atoms with E-state index in [1.807, 2.05) is 54.0 Å². The predicted octanol–water partition coefficient (Wildman–Crippen LogP) is 1.19. The van der Waals surface area contributed by atoms with Crippen molar-refractivity contribution >= 4 is 23.4 Å². The summed E-state index contributed by atoms with van der Waals surface area (Å²) < 4.78 is 0. The standard InChI is InChI=1S/C24H35N5O3/c1-16(2)22(30)26-10-12-27(13-11-26)23(31)19-14-28(17(3)4)15-20-21(19)25-29(24(20)32)18-8-6-5-7-9-18/h5-9,16-17,19-21,25H,10-15H2,1-4H3. The van der Waals surface area contributed by atoms with Gasteiger partial charge in [0.2, 0.25) is 17.7 Å². The zero-order valence-electron chi connectivity index (χ0n) is 19.5. The largest absolute Gasteiger partial charge is 0.339 e. The molecule has 0 saturated carbocycles. The Kier molecular flexibility index (Phi) is 6.53. The van der Waals surface area contributed by atoms with Gasteiger partial charge in [-0.25, -0.2) is 10.4 Å². The predicted molar refractivity (Wildman–Crippen MR) is 123 cm³/mol. The molecule has 3 saturated heterocycles. The highest BCUT2D eigenvalue weighted by Gasteiger charge is 2.52. The number of anilines is 1. The molecule has 3 aliphatic heterocycles. The minimum Gasteiger partial charge on any atom is -0.339 e. The molecule has 3 aliphatic rings. The second-order valence-corrected chi connectivity index (χ2v) is 9.73. The first kappa shape index (κ1) is 22.7. The first-order chi connectivity index (χ1) is 15.3. The van der Waals surface area contributed by atoms with E-state index in [0.29, 0.717) is 39.3 Å². The van der Waals surface area contributed by atoms with Gasteiger partial charge in [-0.15, -0.1) is 0 Å². The Morgan fingerprint density at radius 3 is 2.16 bits per heavy atom. The van der Waals surface area contributed by atoms with E-state index in [9.17, 15) is 14.4 Å². The van der Waals surface area contributed by atoms with Crippen LogP contribution in [0.15, 0.2) is 30.3 Å². The first-order valence-electron chi connectivity index (χ1n) is 11.7. The number of carbonyl (C=O) groups excluding carboxylic acids is 3. The molecule has 8 heteroatoms.